The molecule has 10 nitrogen and oxygen atoms in total. The number of amides is 1. The van der Waals surface area contributed by atoms with E-state index in [-0.39, 0.29) is 17.8 Å². The molecule has 1 aliphatic heterocycles. The number of ether oxygens (including phenoxy) is 2. The van der Waals surface area contributed by atoms with E-state index >= 15 is 0 Å². The van der Waals surface area contributed by atoms with Gasteiger partial charge in [-0.1, -0.05) is 11.6 Å². The zero-order valence-electron chi connectivity index (χ0n) is 19.1. The SMILES string of the molecule is COc1nc2c3c(c(O)[nH]c3n1)C=Nc1ccc(Cl)c(c1)OCCCCC(=O)N(C)CCCN2. The van der Waals surface area contributed by atoms with E-state index in [1.807, 2.05) is 0 Å². The van der Waals surface area contributed by atoms with Gasteiger partial charge in [0, 0.05) is 38.8 Å². The molecule has 3 aromatic rings. The van der Waals surface area contributed by atoms with Gasteiger partial charge in [-0.25, -0.2) is 0 Å². The molecule has 0 aliphatic carbocycles. The number of rotatable bonds is 1. The van der Waals surface area contributed by atoms with E-state index in [9.17, 15) is 9.90 Å². The Balaban J connectivity index is 1.72. The Kier molecular flexibility index (Phi) is 7.36. The maximum absolute atomic E-state index is 12.4. The number of hydrogen-bond donors (Lipinski definition) is 3. The highest BCUT2D eigenvalue weighted by molar-refractivity contribution is 6.32. The first-order chi connectivity index (χ1) is 16.5. The number of carbonyl (C=O) groups is 1. The summed E-state index contributed by atoms with van der Waals surface area (Å²) in [5, 5.41) is 14.9. The number of H-pyrrole nitrogens is 1. The van der Waals surface area contributed by atoms with Gasteiger partial charge in [-0.05, 0) is 31.4 Å². The predicted molar refractivity (Wildman–Crippen MR) is 131 cm³/mol. The lowest BCUT2D eigenvalue weighted by molar-refractivity contribution is -0.130. The lowest BCUT2D eigenvalue weighted by Gasteiger charge is -2.17. The number of carbonyl (C=O) groups excluding carboxylic acids is 1. The van der Waals surface area contributed by atoms with Crippen molar-refractivity contribution in [2.75, 3.05) is 39.2 Å². The summed E-state index contributed by atoms with van der Waals surface area (Å²) >= 11 is 6.28. The third-order valence-electron chi connectivity index (χ3n) is 5.52. The van der Waals surface area contributed by atoms with Crippen molar-refractivity contribution < 1.29 is 19.4 Å². The van der Waals surface area contributed by atoms with Crippen LogP contribution in [0.3, 0.4) is 0 Å². The van der Waals surface area contributed by atoms with Crippen LogP contribution in [0.25, 0.3) is 11.0 Å². The van der Waals surface area contributed by atoms with Gasteiger partial charge in [0.15, 0.2) is 5.88 Å². The van der Waals surface area contributed by atoms with Crippen molar-refractivity contribution in [1.29, 1.82) is 0 Å². The average Bonchev–Trinajstić information content (AvgIpc) is 3.15. The standard InChI is InChI=1S/C23H27ClN6O4/c1-30-10-5-9-25-20-19-15(22(32)27-21(19)29-23(28-20)33-2)13-26-14-7-8-16(24)17(12-14)34-11-4-3-6-18(30)31/h7-8,12-13,32H,3-6,9-11H2,1-2H3,(H2,25,27,28,29). The number of aromatic hydroxyl groups is 1. The number of aromatic nitrogens is 3. The number of anilines is 1. The molecule has 1 aromatic carbocycles. The molecule has 0 fully saturated rings. The molecule has 2 aromatic heterocycles. The quantitative estimate of drug-likeness (QED) is 0.476. The van der Waals surface area contributed by atoms with Crippen LogP contribution >= 0.6 is 11.6 Å². The summed E-state index contributed by atoms with van der Waals surface area (Å²) in [5.41, 5.74) is 1.45. The third-order valence-corrected chi connectivity index (χ3v) is 5.83. The molecular weight excluding hydrogens is 460 g/mol. The van der Waals surface area contributed by atoms with Crippen molar-refractivity contribution in [3.05, 3.63) is 28.8 Å². The van der Waals surface area contributed by atoms with Crippen LogP contribution in [0.1, 0.15) is 31.2 Å². The number of hydrogen-bond acceptors (Lipinski definition) is 8. The average molecular weight is 487 g/mol. The largest absolute Gasteiger partial charge is 0.494 e. The molecule has 11 heteroatoms. The number of nitrogens with zero attached hydrogens (tertiary/aromatic N) is 4. The summed E-state index contributed by atoms with van der Waals surface area (Å²) < 4.78 is 11.0. The second kappa shape index (κ2) is 10.6. The Morgan fingerprint density at radius 2 is 2.09 bits per heavy atom. The normalized spacial score (nSPS) is 15.7. The smallest absolute Gasteiger partial charge is 0.320 e. The first-order valence-electron chi connectivity index (χ1n) is 11.1. The van der Waals surface area contributed by atoms with Gasteiger partial charge in [-0.15, -0.1) is 0 Å². The minimum absolute atomic E-state index is 0.0917. The van der Waals surface area contributed by atoms with Crippen LogP contribution in [0, 0.1) is 0 Å². The predicted octanol–water partition coefficient (Wildman–Crippen LogP) is 3.90. The maximum atomic E-state index is 12.4. The van der Waals surface area contributed by atoms with Crippen molar-refractivity contribution >= 4 is 46.3 Å². The lowest BCUT2D eigenvalue weighted by Crippen LogP contribution is -2.28. The summed E-state index contributed by atoms with van der Waals surface area (Å²) in [6.45, 7) is 1.60. The van der Waals surface area contributed by atoms with Gasteiger partial charge in [-0.3, -0.25) is 9.79 Å². The van der Waals surface area contributed by atoms with Crippen LogP contribution in [-0.2, 0) is 4.79 Å². The van der Waals surface area contributed by atoms with E-state index in [0.717, 1.165) is 12.8 Å². The first-order valence-corrected chi connectivity index (χ1v) is 11.4. The van der Waals surface area contributed by atoms with Gasteiger partial charge in [0.05, 0.1) is 35.4 Å². The minimum atomic E-state index is -0.0917. The van der Waals surface area contributed by atoms with Gasteiger partial charge >= 0.3 is 6.01 Å². The fourth-order valence-corrected chi connectivity index (χ4v) is 3.82. The highest BCUT2D eigenvalue weighted by atomic mass is 35.5. The highest BCUT2D eigenvalue weighted by Crippen LogP contribution is 2.33. The molecule has 34 heavy (non-hydrogen) atoms. The molecule has 0 spiro atoms. The molecular formula is C23H27ClN6O4. The highest BCUT2D eigenvalue weighted by Gasteiger charge is 2.18. The first kappa shape index (κ1) is 23.6. The Bertz CT molecular complexity index is 1210. The summed E-state index contributed by atoms with van der Waals surface area (Å²) in [6, 6.07) is 5.36. The van der Waals surface area contributed by atoms with Gasteiger partial charge in [0.1, 0.15) is 17.2 Å². The maximum Gasteiger partial charge on any atom is 0.320 e. The zero-order valence-corrected chi connectivity index (χ0v) is 19.9. The summed E-state index contributed by atoms with van der Waals surface area (Å²) in [7, 11) is 3.28. The van der Waals surface area contributed by atoms with Crippen LogP contribution in [0.15, 0.2) is 23.2 Å². The van der Waals surface area contributed by atoms with Crippen molar-refractivity contribution in [1.82, 2.24) is 19.9 Å². The molecule has 4 rings (SSSR count). The second-order valence-electron chi connectivity index (χ2n) is 7.94. The third kappa shape index (κ3) is 5.33. The monoisotopic (exact) mass is 486 g/mol. The van der Waals surface area contributed by atoms with E-state index in [1.54, 1.807) is 36.4 Å². The van der Waals surface area contributed by atoms with Gasteiger partial charge in [0.25, 0.3) is 0 Å². The molecule has 180 valence electrons. The molecule has 3 heterocycles. The molecule has 2 bridgehead atoms. The number of aliphatic imine (C=N–C) groups is 1. The molecule has 0 radical (unpaired) electrons. The van der Waals surface area contributed by atoms with E-state index in [0.29, 0.717) is 71.4 Å². The number of benzene rings is 1. The van der Waals surface area contributed by atoms with Gasteiger partial charge < -0.3 is 29.8 Å². The number of methoxy groups -OCH3 is 1. The Labute approximate surface area is 202 Å². The Morgan fingerprint density at radius 3 is 2.91 bits per heavy atom. The molecule has 0 atom stereocenters. The van der Waals surface area contributed by atoms with E-state index < -0.39 is 0 Å². The Hall–Kier alpha value is -3.53. The van der Waals surface area contributed by atoms with Crippen LogP contribution in [0.4, 0.5) is 11.5 Å². The topological polar surface area (TPSA) is 125 Å². The van der Waals surface area contributed by atoms with Crippen LogP contribution in [0.2, 0.25) is 5.02 Å². The van der Waals surface area contributed by atoms with Gasteiger partial charge in [-0.2, -0.15) is 9.97 Å². The van der Waals surface area contributed by atoms with E-state index in [4.69, 9.17) is 21.1 Å². The number of nitrogens with one attached hydrogen (secondary N) is 2. The molecule has 3 N–H and O–H groups in total. The summed E-state index contributed by atoms with van der Waals surface area (Å²) in [6.07, 6.45) is 4.17. The van der Waals surface area contributed by atoms with Crippen molar-refractivity contribution in [2.24, 2.45) is 4.99 Å². The van der Waals surface area contributed by atoms with E-state index in [1.165, 1.54) is 7.11 Å². The lowest BCUT2D eigenvalue weighted by atomic mass is 10.2. The number of aromatic amines is 1. The van der Waals surface area contributed by atoms with Crippen molar-refractivity contribution in [2.45, 2.75) is 25.7 Å². The van der Waals surface area contributed by atoms with Crippen molar-refractivity contribution in [3.63, 3.8) is 0 Å². The van der Waals surface area contributed by atoms with Crippen LogP contribution in [-0.4, -0.2) is 70.9 Å². The van der Waals surface area contributed by atoms with Crippen LogP contribution in [0.5, 0.6) is 17.6 Å². The number of halogens is 1. The second-order valence-corrected chi connectivity index (χ2v) is 8.35. The molecule has 0 saturated carbocycles. The summed E-state index contributed by atoms with van der Waals surface area (Å²) in [5.74, 6) is 1.00. The van der Waals surface area contributed by atoms with Gasteiger partial charge in [0.2, 0.25) is 5.91 Å². The molecule has 0 saturated heterocycles. The molecule has 1 aliphatic rings. The fourth-order valence-electron chi connectivity index (χ4n) is 3.65. The summed E-state index contributed by atoms with van der Waals surface area (Å²) in [4.78, 5) is 30.2. The van der Waals surface area contributed by atoms with E-state index in [2.05, 4.69) is 25.3 Å². The van der Waals surface area contributed by atoms with Crippen LogP contribution < -0.4 is 14.8 Å². The Morgan fingerprint density at radius 1 is 1.24 bits per heavy atom. The minimum Gasteiger partial charge on any atom is -0.494 e. The molecule has 1 amide bonds. The molecule has 0 unspecified atom stereocenters. The number of fused-ring (bicyclic) bond motifs is 2. The fraction of sp³-hybridized carbons (Fsp3) is 0.391. The zero-order chi connectivity index (χ0) is 24.1. The van der Waals surface area contributed by atoms with Crippen molar-refractivity contribution in [3.8, 4) is 17.6 Å².